The van der Waals surface area contributed by atoms with Gasteiger partial charge in [-0.15, -0.1) is 0 Å². The normalized spacial score (nSPS) is 10.8. The molecule has 2 aromatic carbocycles. The van der Waals surface area contributed by atoms with E-state index in [0.29, 0.717) is 28.0 Å². The van der Waals surface area contributed by atoms with Crippen molar-refractivity contribution in [3.63, 3.8) is 0 Å². The van der Waals surface area contributed by atoms with E-state index in [-0.39, 0.29) is 21.8 Å². The summed E-state index contributed by atoms with van der Waals surface area (Å²) >= 11 is 3.23. The standard InChI is InChI=1S/C21H19BrFN3O3/c1-11(2)26(15-7-8-16(28-3)18(22)19(15)23)20-17(21(27)29-4)13-6-5-12(10-24)9-14(13)25-20/h5-9,11,25H,1-4H3. The topological polar surface area (TPSA) is 78.3 Å². The van der Waals surface area contributed by atoms with Gasteiger partial charge in [0, 0.05) is 16.9 Å². The number of nitriles is 1. The second-order valence-electron chi connectivity index (χ2n) is 6.59. The van der Waals surface area contributed by atoms with Crippen LogP contribution in [0.5, 0.6) is 5.75 Å². The third kappa shape index (κ3) is 3.54. The van der Waals surface area contributed by atoms with Crippen molar-refractivity contribution in [2.24, 2.45) is 0 Å². The number of benzene rings is 2. The van der Waals surface area contributed by atoms with Crippen molar-refractivity contribution < 1.29 is 18.7 Å². The Labute approximate surface area is 176 Å². The molecule has 6 nitrogen and oxygen atoms in total. The molecule has 150 valence electrons. The number of methoxy groups -OCH3 is 2. The second kappa shape index (κ2) is 8.13. The average molecular weight is 460 g/mol. The molecule has 0 aliphatic rings. The number of anilines is 2. The molecule has 0 bridgehead atoms. The number of aromatic amines is 1. The molecule has 29 heavy (non-hydrogen) atoms. The Kier molecular flexibility index (Phi) is 5.80. The largest absolute Gasteiger partial charge is 0.495 e. The van der Waals surface area contributed by atoms with Crippen molar-refractivity contribution in [1.29, 1.82) is 5.26 Å². The molecule has 0 saturated heterocycles. The van der Waals surface area contributed by atoms with Gasteiger partial charge >= 0.3 is 5.97 Å². The second-order valence-corrected chi connectivity index (χ2v) is 7.38. The molecule has 8 heteroatoms. The lowest BCUT2D eigenvalue weighted by atomic mass is 10.1. The minimum Gasteiger partial charge on any atom is -0.495 e. The number of H-pyrrole nitrogens is 1. The van der Waals surface area contributed by atoms with E-state index in [1.165, 1.54) is 14.2 Å². The summed E-state index contributed by atoms with van der Waals surface area (Å²) in [6.07, 6.45) is 0. The third-order valence-corrected chi connectivity index (χ3v) is 5.30. The van der Waals surface area contributed by atoms with Gasteiger partial charge in [0.15, 0.2) is 5.82 Å². The molecular weight excluding hydrogens is 441 g/mol. The molecule has 3 aromatic rings. The van der Waals surface area contributed by atoms with E-state index in [2.05, 4.69) is 27.0 Å². The van der Waals surface area contributed by atoms with Crippen LogP contribution in [0.25, 0.3) is 10.9 Å². The number of carbonyl (C=O) groups excluding carboxylic acids is 1. The number of halogens is 2. The van der Waals surface area contributed by atoms with Crippen LogP contribution >= 0.6 is 15.9 Å². The summed E-state index contributed by atoms with van der Waals surface area (Å²) in [5.74, 6) is -0.341. The summed E-state index contributed by atoms with van der Waals surface area (Å²) in [6.45, 7) is 3.76. The number of fused-ring (bicyclic) bond motifs is 1. The zero-order valence-electron chi connectivity index (χ0n) is 16.3. The maximum Gasteiger partial charge on any atom is 0.342 e. The van der Waals surface area contributed by atoms with Crippen LogP contribution in [0.1, 0.15) is 29.8 Å². The fourth-order valence-electron chi connectivity index (χ4n) is 3.26. The van der Waals surface area contributed by atoms with E-state index >= 15 is 4.39 Å². The van der Waals surface area contributed by atoms with Crippen molar-refractivity contribution >= 4 is 44.3 Å². The molecule has 1 aromatic heterocycles. The van der Waals surface area contributed by atoms with Crippen LogP contribution in [0, 0.1) is 17.1 Å². The molecule has 1 heterocycles. The number of carbonyl (C=O) groups is 1. The first-order valence-corrected chi connectivity index (χ1v) is 9.58. The van der Waals surface area contributed by atoms with E-state index in [4.69, 9.17) is 9.47 Å². The Morgan fingerprint density at radius 1 is 1.28 bits per heavy atom. The Morgan fingerprint density at radius 2 is 2.00 bits per heavy atom. The van der Waals surface area contributed by atoms with Crippen LogP contribution in [0.15, 0.2) is 34.8 Å². The molecule has 0 atom stereocenters. The van der Waals surface area contributed by atoms with Gasteiger partial charge in [0.2, 0.25) is 0 Å². The number of rotatable bonds is 5. The van der Waals surface area contributed by atoms with Gasteiger partial charge in [-0.05, 0) is 54.0 Å². The highest BCUT2D eigenvalue weighted by Crippen LogP contribution is 2.40. The van der Waals surface area contributed by atoms with E-state index in [1.807, 2.05) is 13.8 Å². The Morgan fingerprint density at radius 3 is 2.59 bits per heavy atom. The molecule has 0 amide bonds. The number of nitrogens with zero attached hydrogens (tertiary/aromatic N) is 2. The lowest BCUT2D eigenvalue weighted by Crippen LogP contribution is -2.28. The summed E-state index contributed by atoms with van der Waals surface area (Å²) in [5, 5.41) is 9.78. The molecule has 0 aliphatic heterocycles. The van der Waals surface area contributed by atoms with Crippen molar-refractivity contribution in [2.45, 2.75) is 19.9 Å². The van der Waals surface area contributed by atoms with Crippen LogP contribution in [0.2, 0.25) is 0 Å². The smallest absolute Gasteiger partial charge is 0.342 e. The maximum absolute atomic E-state index is 15.2. The first-order valence-electron chi connectivity index (χ1n) is 8.79. The van der Waals surface area contributed by atoms with Gasteiger partial charge in [-0.3, -0.25) is 0 Å². The lowest BCUT2D eigenvalue weighted by Gasteiger charge is -2.29. The molecule has 0 fully saturated rings. The highest BCUT2D eigenvalue weighted by molar-refractivity contribution is 9.10. The van der Waals surface area contributed by atoms with Crippen LogP contribution in [0.3, 0.4) is 0 Å². The van der Waals surface area contributed by atoms with Crippen molar-refractivity contribution in [1.82, 2.24) is 4.98 Å². The lowest BCUT2D eigenvalue weighted by molar-refractivity contribution is 0.0604. The van der Waals surface area contributed by atoms with Crippen LogP contribution < -0.4 is 9.64 Å². The molecule has 3 rings (SSSR count). The zero-order valence-corrected chi connectivity index (χ0v) is 17.9. The van der Waals surface area contributed by atoms with Gasteiger partial charge in [0.25, 0.3) is 0 Å². The first kappa shape index (κ1) is 20.7. The molecule has 0 unspecified atom stereocenters. The number of esters is 1. The zero-order chi connectivity index (χ0) is 21.3. The van der Waals surface area contributed by atoms with Crippen molar-refractivity contribution in [2.75, 3.05) is 19.1 Å². The monoisotopic (exact) mass is 459 g/mol. The molecule has 0 saturated carbocycles. The summed E-state index contributed by atoms with van der Waals surface area (Å²) in [5.41, 5.74) is 1.55. The van der Waals surface area contributed by atoms with E-state index in [1.54, 1.807) is 35.2 Å². The molecule has 1 N–H and O–H groups in total. The molecule has 0 spiro atoms. The molecule has 0 radical (unpaired) electrons. The van der Waals surface area contributed by atoms with Crippen molar-refractivity contribution in [3.05, 3.63) is 51.7 Å². The van der Waals surface area contributed by atoms with Gasteiger partial charge in [0.05, 0.1) is 36.0 Å². The Balaban J connectivity index is 2.32. The fourth-order valence-corrected chi connectivity index (χ4v) is 3.76. The Hall–Kier alpha value is -3.05. The molecule has 0 aliphatic carbocycles. The van der Waals surface area contributed by atoms with Crippen LogP contribution in [0.4, 0.5) is 15.9 Å². The van der Waals surface area contributed by atoms with Crippen LogP contribution in [-0.4, -0.2) is 31.2 Å². The van der Waals surface area contributed by atoms with Crippen molar-refractivity contribution in [3.8, 4) is 11.8 Å². The van der Waals surface area contributed by atoms with E-state index in [9.17, 15) is 10.1 Å². The number of aromatic nitrogens is 1. The summed E-state index contributed by atoms with van der Waals surface area (Å²) in [6, 6.07) is 10.0. The SMILES string of the molecule is COC(=O)c1c(N(c2ccc(OC)c(Br)c2F)C(C)C)[nH]c2cc(C#N)ccc12. The average Bonchev–Trinajstić information content (AvgIpc) is 3.08. The minimum atomic E-state index is -0.561. The maximum atomic E-state index is 15.2. The van der Waals surface area contributed by atoms with Gasteiger partial charge in [-0.2, -0.15) is 5.26 Å². The van der Waals surface area contributed by atoms with E-state index < -0.39 is 11.8 Å². The highest BCUT2D eigenvalue weighted by Gasteiger charge is 2.28. The molecular formula is C21H19BrFN3O3. The first-order chi connectivity index (χ1) is 13.8. The number of nitrogens with one attached hydrogen (secondary N) is 1. The predicted octanol–water partition coefficient (Wildman–Crippen LogP) is 5.28. The summed E-state index contributed by atoms with van der Waals surface area (Å²) in [4.78, 5) is 17.5. The van der Waals surface area contributed by atoms with Gasteiger partial charge < -0.3 is 19.4 Å². The fraction of sp³-hybridized carbons (Fsp3) is 0.238. The highest BCUT2D eigenvalue weighted by atomic mass is 79.9. The van der Waals surface area contributed by atoms with Gasteiger partial charge in [0.1, 0.15) is 17.1 Å². The summed E-state index contributed by atoms with van der Waals surface area (Å²) in [7, 11) is 2.75. The van der Waals surface area contributed by atoms with Gasteiger partial charge in [-0.1, -0.05) is 6.07 Å². The number of hydrogen-bond donors (Lipinski definition) is 1. The number of hydrogen-bond acceptors (Lipinski definition) is 5. The minimum absolute atomic E-state index is 0.186. The number of ether oxygens (including phenoxy) is 2. The summed E-state index contributed by atoms with van der Waals surface area (Å²) < 4.78 is 25.5. The predicted molar refractivity (Wildman–Crippen MR) is 112 cm³/mol. The Bertz CT molecular complexity index is 1130. The van der Waals surface area contributed by atoms with Crippen LogP contribution in [-0.2, 0) is 4.74 Å². The van der Waals surface area contributed by atoms with Gasteiger partial charge in [-0.25, -0.2) is 9.18 Å². The van der Waals surface area contributed by atoms with E-state index in [0.717, 1.165) is 0 Å². The third-order valence-electron chi connectivity index (χ3n) is 4.56. The quantitative estimate of drug-likeness (QED) is 0.524.